The number of esters is 1. The Morgan fingerprint density at radius 2 is 1.97 bits per heavy atom. The summed E-state index contributed by atoms with van der Waals surface area (Å²) in [6.45, 7) is 2.77. The first-order valence-electron chi connectivity index (χ1n) is 10.2. The van der Waals surface area contributed by atoms with Gasteiger partial charge in [-0.15, -0.1) is 11.3 Å². The van der Waals surface area contributed by atoms with Gasteiger partial charge in [-0.3, -0.25) is 4.79 Å². The summed E-state index contributed by atoms with van der Waals surface area (Å²) in [5, 5.41) is 0. The van der Waals surface area contributed by atoms with Gasteiger partial charge in [0, 0.05) is 19.0 Å². The Balaban J connectivity index is 1.44. The van der Waals surface area contributed by atoms with Crippen molar-refractivity contribution < 1.29 is 22.4 Å². The summed E-state index contributed by atoms with van der Waals surface area (Å²) in [7, 11) is -3.58. The van der Waals surface area contributed by atoms with Crippen molar-refractivity contribution in [3.05, 3.63) is 24.2 Å². The molecule has 9 heteroatoms. The van der Waals surface area contributed by atoms with Crippen LogP contribution in [0.25, 0.3) is 10.6 Å². The third-order valence-electron chi connectivity index (χ3n) is 5.72. The summed E-state index contributed by atoms with van der Waals surface area (Å²) in [5.74, 6) is 1.32. The van der Waals surface area contributed by atoms with E-state index in [0.29, 0.717) is 48.4 Å². The molecular weight excluding hydrogens is 412 g/mol. The van der Waals surface area contributed by atoms with Gasteiger partial charge in [-0.05, 0) is 44.7 Å². The van der Waals surface area contributed by atoms with Crippen molar-refractivity contribution >= 4 is 27.3 Å². The minimum Gasteiger partial charge on any atom is -0.466 e. The topological polar surface area (TPSA) is 89.7 Å². The number of hydrogen-bond acceptors (Lipinski definition) is 7. The predicted molar refractivity (Wildman–Crippen MR) is 109 cm³/mol. The Kier molecular flexibility index (Phi) is 6.08. The first kappa shape index (κ1) is 20.6. The van der Waals surface area contributed by atoms with Crippen molar-refractivity contribution in [1.29, 1.82) is 0 Å². The van der Waals surface area contributed by atoms with E-state index in [1.807, 2.05) is 0 Å². The molecule has 0 radical (unpaired) electrons. The van der Waals surface area contributed by atoms with Crippen molar-refractivity contribution in [2.45, 2.75) is 55.6 Å². The van der Waals surface area contributed by atoms with Crippen LogP contribution in [0.2, 0.25) is 0 Å². The number of sulfonamides is 1. The number of oxazole rings is 1. The highest BCUT2D eigenvalue weighted by Gasteiger charge is 2.33. The lowest BCUT2D eigenvalue weighted by molar-refractivity contribution is -0.149. The number of aromatic nitrogens is 1. The fourth-order valence-electron chi connectivity index (χ4n) is 4.07. The van der Waals surface area contributed by atoms with Gasteiger partial charge in [0.2, 0.25) is 0 Å². The second-order valence-electron chi connectivity index (χ2n) is 7.59. The largest absolute Gasteiger partial charge is 0.466 e. The number of ether oxygens (including phenoxy) is 1. The van der Waals surface area contributed by atoms with Crippen molar-refractivity contribution in [2.24, 2.45) is 5.92 Å². The molecule has 2 aliphatic rings. The maximum absolute atomic E-state index is 13.0. The molecule has 29 heavy (non-hydrogen) atoms. The Morgan fingerprint density at radius 1 is 1.24 bits per heavy atom. The maximum atomic E-state index is 13.0. The molecule has 0 atom stereocenters. The van der Waals surface area contributed by atoms with Gasteiger partial charge in [-0.1, -0.05) is 12.8 Å². The zero-order chi connectivity index (χ0) is 20.4. The summed E-state index contributed by atoms with van der Waals surface area (Å²) in [5.41, 5.74) is 0. The smallest absolute Gasteiger partial charge is 0.309 e. The van der Waals surface area contributed by atoms with E-state index in [1.54, 1.807) is 25.3 Å². The lowest BCUT2D eigenvalue weighted by Gasteiger charge is -2.29. The first-order valence-corrected chi connectivity index (χ1v) is 12.5. The molecule has 7 nitrogen and oxygen atoms in total. The SMILES string of the molecule is CCOC(=O)C1CCN(S(=O)(=O)c2ccc(-c3cnc(C4CCCC4)o3)s2)CC1. The Bertz CT molecular complexity index is 951. The number of nitrogens with zero attached hydrogens (tertiary/aromatic N) is 2. The number of carbonyl (C=O) groups is 1. The zero-order valence-corrected chi connectivity index (χ0v) is 18.1. The van der Waals surface area contributed by atoms with Gasteiger partial charge in [0.15, 0.2) is 11.7 Å². The van der Waals surface area contributed by atoms with Gasteiger partial charge in [0.05, 0.1) is 23.6 Å². The zero-order valence-electron chi connectivity index (χ0n) is 16.5. The van der Waals surface area contributed by atoms with Crippen LogP contribution in [0.1, 0.15) is 57.3 Å². The lowest BCUT2D eigenvalue weighted by atomic mass is 9.98. The van der Waals surface area contributed by atoms with Crippen LogP contribution >= 0.6 is 11.3 Å². The third-order valence-corrected chi connectivity index (χ3v) is 9.19. The van der Waals surface area contributed by atoms with Crippen LogP contribution in [0.5, 0.6) is 0 Å². The number of hydrogen-bond donors (Lipinski definition) is 0. The summed E-state index contributed by atoms with van der Waals surface area (Å²) in [4.78, 5) is 17.1. The standard InChI is InChI=1S/C20H26N2O5S2/c1-2-26-20(23)15-9-11-22(12-10-15)29(24,25)18-8-7-17(28-18)16-13-21-19(27-16)14-5-3-4-6-14/h7-8,13-15H,2-6,9-12H2,1H3. The molecule has 0 amide bonds. The molecule has 0 unspecified atom stereocenters. The minimum absolute atomic E-state index is 0.219. The van der Waals surface area contributed by atoms with E-state index in [4.69, 9.17) is 9.15 Å². The van der Waals surface area contributed by atoms with E-state index in [2.05, 4.69) is 4.98 Å². The minimum atomic E-state index is -3.58. The molecule has 4 rings (SSSR count). The van der Waals surface area contributed by atoms with Gasteiger partial charge < -0.3 is 9.15 Å². The summed E-state index contributed by atoms with van der Waals surface area (Å²) in [6.07, 6.45) is 7.29. The normalized spacial score (nSPS) is 19.6. The van der Waals surface area contributed by atoms with Crippen LogP contribution in [-0.4, -0.2) is 43.4 Å². The molecule has 2 fully saturated rings. The second kappa shape index (κ2) is 8.57. The molecule has 0 spiro atoms. The summed E-state index contributed by atoms with van der Waals surface area (Å²) in [6, 6.07) is 3.41. The number of carbonyl (C=O) groups excluding carboxylic acids is 1. The number of piperidine rings is 1. The average molecular weight is 439 g/mol. The van der Waals surface area contributed by atoms with Gasteiger partial charge in [0.25, 0.3) is 10.0 Å². The molecule has 2 aromatic rings. The Hall–Kier alpha value is -1.71. The van der Waals surface area contributed by atoms with Crippen molar-refractivity contribution in [1.82, 2.24) is 9.29 Å². The van der Waals surface area contributed by atoms with E-state index >= 15 is 0 Å². The van der Waals surface area contributed by atoms with Crippen LogP contribution < -0.4 is 0 Å². The van der Waals surface area contributed by atoms with Crippen LogP contribution in [-0.2, 0) is 19.6 Å². The first-order chi connectivity index (χ1) is 14.0. The van der Waals surface area contributed by atoms with E-state index in [-0.39, 0.29) is 11.9 Å². The van der Waals surface area contributed by atoms with E-state index in [9.17, 15) is 13.2 Å². The molecule has 1 saturated heterocycles. The third kappa shape index (κ3) is 4.27. The molecule has 2 aromatic heterocycles. The monoisotopic (exact) mass is 438 g/mol. The molecular formula is C20H26N2O5S2. The van der Waals surface area contributed by atoms with E-state index < -0.39 is 10.0 Å². The van der Waals surface area contributed by atoms with Crippen LogP contribution in [0.15, 0.2) is 27.0 Å². The molecule has 158 valence electrons. The fourth-order valence-corrected chi connectivity index (χ4v) is 6.95. The molecule has 0 aromatic carbocycles. The van der Waals surface area contributed by atoms with Crippen LogP contribution in [0.3, 0.4) is 0 Å². The van der Waals surface area contributed by atoms with Crippen molar-refractivity contribution in [3.63, 3.8) is 0 Å². The highest BCUT2D eigenvalue weighted by Crippen LogP contribution is 2.38. The summed E-state index contributed by atoms with van der Waals surface area (Å²) >= 11 is 1.20. The highest BCUT2D eigenvalue weighted by molar-refractivity contribution is 7.91. The van der Waals surface area contributed by atoms with Crippen LogP contribution in [0.4, 0.5) is 0 Å². The molecule has 1 aliphatic carbocycles. The van der Waals surface area contributed by atoms with Gasteiger partial charge in [0.1, 0.15) is 4.21 Å². The molecule has 0 bridgehead atoms. The Morgan fingerprint density at radius 3 is 2.66 bits per heavy atom. The molecule has 3 heterocycles. The quantitative estimate of drug-likeness (QED) is 0.633. The van der Waals surface area contributed by atoms with Crippen molar-refractivity contribution in [3.8, 4) is 10.6 Å². The van der Waals surface area contributed by atoms with Crippen LogP contribution in [0, 0.1) is 5.92 Å². The van der Waals surface area contributed by atoms with Gasteiger partial charge >= 0.3 is 5.97 Å². The maximum Gasteiger partial charge on any atom is 0.309 e. The average Bonchev–Trinajstić information content (AvgIpc) is 3.49. The fraction of sp³-hybridized carbons (Fsp3) is 0.600. The van der Waals surface area contributed by atoms with E-state index in [0.717, 1.165) is 23.6 Å². The number of thiophene rings is 1. The van der Waals surface area contributed by atoms with E-state index in [1.165, 1.54) is 28.5 Å². The highest BCUT2D eigenvalue weighted by atomic mass is 32.2. The summed E-state index contributed by atoms with van der Waals surface area (Å²) < 4.78 is 38.8. The molecule has 1 aliphatic heterocycles. The molecule has 0 N–H and O–H groups in total. The molecule has 1 saturated carbocycles. The lowest BCUT2D eigenvalue weighted by Crippen LogP contribution is -2.40. The predicted octanol–water partition coefficient (Wildman–Crippen LogP) is 4.02. The number of rotatable bonds is 6. The second-order valence-corrected chi connectivity index (χ2v) is 10.8. The van der Waals surface area contributed by atoms with Gasteiger partial charge in [-0.2, -0.15) is 4.31 Å². The van der Waals surface area contributed by atoms with Gasteiger partial charge in [-0.25, -0.2) is 13.4 Å². The Labute approximate surface area is 175 Å². The van der Waals surface area contributed by atoms with Crippen molar-refractivity contribution in [2.75, 3.05) is 19.7 Å².